The zero-order chi connectivity index (χ0) is 23.3. The van der Waals surface area contributed by atoms with Crippen LogP contribution in [0.2, 0.25) is 0 Å². The highest BCUT2D eigenvalue weighted by Crippen LogP contribution is 2.31. The largest absolute Gasteiger partial charge is 0.469 e. The predicted octanol–water partition coefficient (Wildman–Crippen LogP) is 3.50. The molecule has 1 aliphatic rings. The molecule has 0 aliphatic carbocycles. The molecule has 3 aromatic rings. The number of ether oxygens (including phenoxy) is 1. The van der Waals surface area contributed by atoms with Crippen molar-refractivity contribution in [3.63, 3.8) is 0 Å². The van der Waals surface area contributed by atoms with Crippen LogP contribution in [0.4, 0.5) is 0 Å². The van der Waals surface area contributed by atoms with Crippen LogP contribution in [0.1, 0.15) is 22.7 Å². The van der Waals surface area contributed by atoms with Gasteiger partial charge in [0.2, 0.25) is 10.0 Å². The lowest BCUT2D eigenvalue weighted by Gasteiger charge is -2.39. The van der Waals surface area contributed by atoms with Crippen LogP contribution >= 0.6 is 0 Å². The first-order valence-corrected chi connectivity index (χ1v) is 12.4. The number of rotatable bonds is 7. The molecule has 3 aromatic carbocycles. The average molecular weight is 465 g/mol. The molecule has 7 heteroatoms. The minimum absolute atomic E-state index is 0.0367. The van der Waals surface area contributed by atoms with E-state index in [0.29, 0.717) is 31.1 Å². The molecule has 33 heavy (non-hydrogen) atoms. The Balaban J connectivity index is 1.58. The first-order valence-electron chi connectivity index (χ1n) is 11.0. The molecule has 0 amide bonds. The van der Waals surface area contributed by atoms with Gasteiger partial charge in [0.15, 0.2) is 0 Å². The molecule has 1 saturated heterocycles. The minimum atomic E-state index is -3.51. The van der Waals surface area contributed by atoms with Crippen molar-refractivity contribution in [3.05, 3.63) is 102 Å². The first kappa shape index (κ1) is 23.2. The van der Waals surface area contributed by atoms with Gasteiger partial charge in [-0.25, -0.2) is 8.42 Å². The smallest absolute Gasteiger partial charge is 0.309 e. The Hall–Kier alpha value is -3.00. The number of methoxy groups -OCH3 is 1. The molecule has 4 rings (SSSR count). The third-order valence-corrected chi connectivity index (χ3v) is 7.89. The van der Waals surface area contributed by atoms with E-state index in [1.807, 2.05) is 42.5 Å². The second-order valence-corrected chi connectivity index (χ2v) is 10.0. The highest BCUT2D eigenvalue weighted by Gasteiger charge is 2.32. The fourth-order valence-electron chi connectivity index (χ4n) is 4.31. The summed E-state index contributed by atoms with van der Waals surface area (Å²) in [4.78, 5) is 14.4. The first-order chi connectivity index (χ1) is 16.0. The van der Waals surface area contributed by atoms with E-state index >= 15 is 0 Å². The summed E-state index contributed by atoms with van der Waals surface area (Å²) in [5.74, 6) is -0.275. The predicted molar refractivity (Wildman–Crippen MR) is 127 cm³/mol. The molecule has 1 atom stereocenters. The topological polar surface area (TPSA) is 66.9 Å². The van der Waals surface area contributed by atoms with Crippen molar-refractivity contribution in [1.29, 1.82) is 0 Å². The van der Waals surface area contributed by atoms with Gasteiger partial charge in [-0.1, -0.05) is 72.8 Å². The summed E-state index contributed by atoms with van der Waals surface area (Å²) in [5, 5.41) is 0. The van der Waals surface area contributed by atoms with E-state index in [9.17, 15) is 13.2 Å². The van der Waals surface area contributed by atoms with E-state index in [1.54, 1.807) is 28.6 Å². The van der Waals surface area contributed by atoms with Crippen LogP contribution in [-0.2, 0) is 26.0 Å². The molecule has 6 nitrogen and oxygen atoms in total. The molecule has 1 fully saturated rings. The Labute approximate surface area is 195 Å². The average Bonchev–Trinajstić information content (AvgIpc) is 2.86. The number of carbonyl (C=O) groups excluding carboxylic acids is 1. The third-order valence-electron chi connectivity index (χ3n) is 5.98. The summed E-state index contributed by atoms with van der Waals surface area (Å²) in [6.45, 7) is 2.05. The van der Waals surface area contributed by atoms with Crippen LogP contribution in [0, 0.1) is 0 Å². The van der Waals surface area contributed by atoms with E-state index < -0.39 is 10.0 Å². The number of hydrogen-bond acceptors (Lipinski definition) is 5. The normalized spacial score (nSPS) is 16.3. The van der Waals surface area contributed by atoms with Gasteiger partial charge in [0.25, 0.3) is 0 Å². The zero-order valence-electron chi connectivity index (χ0n) is 18.6. The van der Waals surface area contributed by atoms with Crippen molar-refractivity contribution in [3.8, 4) is 0 Å². The number of piperazine rings is 1. The molecule has 0 bridgehead atoms. The van der Waals surface area contributed by atoms with E-state index in [1.165, 1.54) is 7.11 Å². The van der Waals surface area contributed by atoms with Crippen molar-refractivity contribution < 1.29 is 17.9 Å². The summed E-state index contributed by atoms with van der Waals surface area (Å²) < 4.78 is 32.5. The Morgan fingerprint density at radius 3 is 2.09 bits per heavy atom. The second kappa shape index (κ2) is 10.3. The van der Waals surface area contributed by atoms with E-state index in [2.05, 4.69) is 23.1 Å². The third kappa shape index (κ3) is 5.33. The van der Waals surface area contributed by atoms with Crippen molar-refractivity contribution in [1.82, 2.24) is 9.21 Å². The van der Waals surface area contributed by atoms with Gasteiger partial charge in [0.05, 0.1) is 24.5 Å². The highest BCUT2D eigenvalue weighted by atomic mass is 32.2. The van der Waals surface area contributed by atoms with Gasteiger partial charge in [-0.05, 0) is 28.8 Å². The molecule has 172 valence electrons. The van der Waals surface area contributed by atoms with Crippen LogP contribution in [-0.4, -0.2) is 56.9 Å². The lowest BCUT2D eigenvalue weighted by Crippen LogP contribution is -2.49. The van der Waals surface area contributed by atoms with Crippen LogP contribution in [0.5, 0.6) is 0 Å². The van der Waals surface area contributed by atoms with E-state index in [0.717, 1.165) is 16.7 Å². The van der Waals surface area contributed by atoms with Gasteiger partial charge in [-0.15, -0.1) is 0 Å². The van der Waals surface area contributed by atoms with Crippen LogP contribution in [0.15, 0.2) is 89.8 Å². The van der Waals surface area contributed by atoms with Crippen molar-refractivity contribution in [2.45, 2.75) is 17.4 Å². The zero-order valence-corrected chi connectivity index (χ0v) is 19.4. The highest BCUT2D eigenvalue weighted by molar-refractivity contribution is 7.89. The number of benzene rings is 3. The van der Waals surface area contributed by atoms with Crippen LogP contribution in [0.3, 0.4) is 0 Å². The Bertz CT molecular complexity index is 1180. The number of esters is 1. The van der Waals surface area contributed by atoms with Gasteiger partial charge < -0.3 is 4.74 Å². The van der Waals surface area contributed by atoms with Gasteiger partial charge in [0.1, 0.15) is 0 Å². The minimum Gasteiger partial charge on any atom is -0.469 e. The van der Waals surface area contributed by atoms with Gasteiger partial charge in [-0.2, -0.15) is 4.31 Å². The summed E-state index contributed by atoms with van der Waals surface area (Å²) in [7, 11) is -2.12. The Kier molecular flexibility index (Phi) is 7.23. The molecular weight excluding hydrogens is 436 g/mol. The second-order valence-electron chi connectivity index (χ2n) is 8.06. The summed E-state index contributed by atoms with van der Waals surface area (Å²) in [6.07, 6.45) is 0.217. The van der Waals surface area contributed by atoms with Crippen molar-refractivity contribution in [2.24, 2.45) is 0 Å². The van der Waals surface area contributed by atoms with Crippen LogP contribution in [0.25, 0.3) is 0 Å². The summed E-state index contributed by atoms with van der Waals surface area (Å²) >= 11 is 0. The molecule has 0 N–H and O–H groups in total. The monoisotopic (exact) mass is 464 g/mol. The quantitative estimate of drug-likeness (QED) is 0.501. The number of sulfonamides is 1. The van der Waals surface area contributed by atoms with Crippen molar-refractivity contribution >= 4 is 16.0 Å². The Morgan fingerprint density at radius 1 is 0.848 bits per heavy atom. The van der Waals surface area contributed by atoms with Crippen molar-refractivity contribution in [2.75, 3.05) is 33.3 Å². The summed E-state index contributed by atoms with van der Waals surface area (Å²) in [5.41, 5.74) is 3.10. The molecule has 1 aliphatic heterocycles. The molecule has 1 unspecified atom stereocenters. The molecule has 1 heterocycles. The molecular formula is C26H28N2O4S. The SMILES string of the molecule is COC(=O)Cc1cccc(C(c2ccccc2)N2CCN(S(=O)(=O)c3ccccc3)CC2)c1. The maximum atomic E-state index is 13.0. The fourth-order valence-corrected chi connectivity index (χ4v) is 5.75. The van der Waals surface area contributed by atoms with Crippen LogP contribution < -0.4 is 0 Å². The van der Waals surface area contributed by atoms with E-state index in [-0.39, 0.29) is 18.4 Å². The fraction of sp³-hybridized carbons (Fsp3) is 0.269. The number of nitrogens with zero attached hydrogens (tertiary/aromatic N) is 2. The number of hydrogen-bond donors (Lipinski definition) is 0. The van der Waals surface area contributed by atoms with Gasteiger partial charge in [-0.3, -0.25) is 9.69 Å². The summed E-state index contributed by atoms with van der Waals surface area (Å²) in [6, 6.07) is 26.7. The molecule has 0 saturated carbocycles. The standard InChI is InChI=1S/C26H28N2O4S/c1-32-25(29)20-21-9-8-12-23(19-21)26(22-10-4-2-5-11-22)27-15-17-28(18-16-27)33(30,31)24-13-6-3-7-14-24/h2-14,19,26H,15-18,20H2,1H3. The maximum Gasteiger partial charge on any atom is 0.309 e. The number of carbonyl (C=O) groups is 1. The molecule has 0 spiro atoms. The van der Waals surface area contributed by atoms with Gasteiger partial charge in [0, 0.05) is 26.2 Å². The van der Waals surface area contributed by atoms with E-state index in [4.69, 9.17) is 4.74 Å². The van der Waals surface area contributed by atoms with Gasteiger partial charge >= 0.3 is 5.97 Å². The lowest BCUT2D eigenvalue weighted by molar-refractivity contribution is -0.139. The maximum absolute atomic E-state index is 13.0. The Morgan fingerprint density at radius 2 is 1.45 bits per heavy atom. The molecule has 0 radical (unpaired) electrons. The molecule has 0 aromatic heterocycles. The lowest BCUT2D eigenvalue weighted by atomic mass is 9.94.